The SMILES string of the molecule is CCCC(CC)Nc1cc(NN)nc(COC)n1. The predicted octanol–water partition coefficient (Wildman–Crippen LogP) is 1.90. The summed E-state index contributed by atoms with van der Waals surface area (Å²) in [6.45, 7) is 4.70. The number of nitrogens with zero attached hydrogens (tertiary/aromatic N) is 2. The number of hydrazine groups is 1. The van der Waals surface area contributed by atoms with Gasteiger partial charge in [-0.05, 0) is 12.8 Å². The molecule has 0 aliphatic heterocycles. The molecule has 1 heterocycles. The fraction of sp³-hybridized carbons (Fsp3) is 0.667. The molecule has 18 heavy (non-hydrogen) atoms. The van der Waals surface area contributed by atoms with E-state index in [1.807, 2.05) is 0 Å². The van der Waals surface area contributed by atoms with Crippen LogP contribution in [0, 0.1) is 0 Å². The molecule has 102 valence electrons. The van der Waals surface area contributed by atoms with Crippen molar-refractivity contribution in [1.29, 1.82) is 0 Å². The fourth-order valence-corrected chi connectivity index (χ4v) is 1.77. The van der Waals surface area contributed by atoms with Crippen LogP contribution in [-0.2, 0) is 11.3 Å². The van der Waals surface area contributed by atoms with E-state index in [1.165, 1.54) is 0 Å². The summed E-state index contributed by atoms with van der Waals surface area (Å²) in [5.41, 5.74) is 2.54. The van der Waals surface area contributed by atoms with E-state index in [0.29, 0.717) is 24.3 Å². The molecule has 4 N–H and O–H groups in total. The minimum absolute atomic E-state index is 0.370. The molecular formula is C12H23N5O. The summed E-state index contributed by atoms with van der Waals surface area (Å²) in [5, 5.41) is 3.40. The van der Waals surface area contributed by atoms with Crippen LogP contribution in [0.25, 0.3) is 0 Å². The molecule has 0 fully saturated rings. The Kier molecular flexibility index (Phi) is 6.38. The zero-order valence-electron chi connectivity index (χ0n) is 11.4. The Morgan fingerprint density at radius 1 is 1.33 bits per heavy atom. The van der Waals surface area contributed by atoms with Gasteiger partial charge in [0.1, 0.15) is 18.2 Å². The monoisotopic (exact) mass is 253 g/mol. The van der Waals surface area contributed by atoms with Gasteiger partial charge in [0.25, 0.3) is 0 Å². The number of nitrogen functional groups attached to an aromatic ring is 1. The van der Waals surface area contributed by atoms with Crippen molar-refractivity contribution >= 4 is 11.6 Å². The minimum atomic E-state index is 0.370. The van der Waals surface area contributed by atoms with Gasteiger partial charge in [0.05, 0.1) is 0 Å². The molecular weight excluding hydrogens is 230 g/mol. The van der Waals surface area contributed by atoms with Gasteiger partial charge >= 0.3 is 0 Å². The molecule has 0 aliphatic carbocycles. The topological polar surface area (TPSA) is 85.1 Å². The molecule has 0 bridgehead atoms. The van der Waals surface area contributed by atoms with Gasteiger partial charge in [0.2, 0.25) is 0 Å². The second-order valence-electron chi connectivity index (χ2n) is 4.17. The maximum Gasteiger partial charge on any atom is 0.158 e. The lowest BCUT2D eigenvalue weighted by Gasteiger charge is -2.17. The van der Waals surface area contributed by atoms with Gasteiger partial charge in [0.15, 0.2) is 5.82 Å². The van der Waals surface area contributed by atoms with Crippen molar-refractivity contribution in [2.45, 2.75) is 45.8 Å². The van der Waals surface area contributed by atoms with Crippen molar-refractivity contribution in [3.63, 3.8) is 0 Å². The van der Waals surface area contributed by atoms with Crippen LogP contribution >= 0.6 is 0 Å². The van der Waals surface area contributed by atoms with E-state index in [-0.39, 0.29) is 0 Å². The van der Waals surface area contributed by atoms with E-state index >= 15 is 0 Å². The van der Waals surface area contributed by atoms with Crippen LogP contribution in [0.4, 0.5) is 11.6 Å². The average Bonchev–Trinajstić information content (AvgIpc) is 2.38. The highest BCUT2D eigenvalue weighted by atomic mass is 16.5. The Labute approximate surface area is 108 Å². The highest BCUT2D eigenvalue weighted by molar-refractivity contribution is 5.47. The second kappa shape index (κ2) is 7.84. The first-order valence-electron chi connectivity index (χ1n) is 6.33. The van der Waals surface area contributed by atoms with Gasteiger partial charge in [-0.15, -0.1) is 0 Å². The van der Waals surface area contributed by atoms with E-state index < -0.39 is 0 Å². The first kappa shape index (κ1) is 14.7. The van der Waals surface area contributed by atoms with Crippen molar-refractivity contribution in [3.05, 3.63) is 11.9 Å². The summed E-state index contributed by atoms with van der Waals surface area (Å²) in [5.74, 6) is 7.38. The molecule has 0 spiro atoms. The maximum atomic E-state index is 5.40. The first-order valence-corrected chi connectivity index (χ1v) is 6.33. The molecule has 1 aromatic heterocycles. The van der Waals surface area contributed by atoms with Gasteiger partial charge in [-0.2, -0.15) is 0 Å². The van der Waals surface area contributed by atoms with Crippen LogP contribution in [0.15, 0.2) is 6.07 Å². The largest absolute Gasteiger partial charge is 0.377 e. The predicted molar refractivity (Wildman–Crippen MR) is 73.2 cm³/mol. The summed E-state index contributed by atoms with van der Waals surface area (Å²) in [6, 6.07) is 2.23. The van der Waals surface area contributed by atoms with E-state index in [2.05, 4.69) is 34.6 Å². The molecule has 1 atom stereocenters. The zero-order chi connectivity index (χ0) is 13.4. The van der Waals surface area contributed by atoms with Crippen molar-refractivity contribution in [2.75, 3.05) is 17.9 Å². The summed E-state index contributed by atoms with van der Waals surface area (Å²) >= 11 is 0. The number of ether oxygens (including phenoxy) is 1. The number of anilines is 2. The molecule has 0 aliphatic rings. The van der Waals surface area contributed by atoms with Crippen molar-refractivity contribution in [3.8, 4) is 0 Å². The summed E-state index contributed by atoms with van der Waals surface area (Å²) in [7, 11) is 1.62. The summed E-state index contributed by atoms with van der Waals surface area (Å²) < 4.78 is 5.04. The number of rotatable bonds is 8. The van der Waals surface area contributed by atoms with Crippen LogP contribution in [0.1, 0.15) is 38.9 Å². The quantitative estimate of drug-likeness (QED) is 0.484. The average molecular weight is 253 g/mol. The Balaban J connectivity index is 2.82. The highest BCUT2D eigenvalue weighted by Gasteiger charge is 2.08. The van der Waals surface area contributed by atoms with Crippen LogP contribution < -0.4 is 16.6 Å². The Morgan fingerprint density at radius 2 is 2.06 bits per heavy atom. The molecule has 0 saturated heterocycles. The van der Waals surface area contributed by atoms with Crippen molar-refractivity contribution < 1.29 is 4.74 Å². The Morgan fingerprint density at radius 3 is 2.61 bits per heavy atom. The third kappa shape index (κ3) is 4.46. The second-order valence-corrected chi connectivity index (χ2v) is 4.17. The molecule has 1 unspecified atom stereocenters. The third-order valence-corrected chi connectivity index (χ3v) is 2.68. The van der Waals surface area contributed by atoms with Gasteiger partial charge in [-0.25, -0.2) is 15.8 Å². The third-order valence-electron chi connectivity index (χ3n) is 2.68. The minimum Gasteiger partial charge on any atom is -0.377 e. The number of nitrogens with two attached hydrogens (primary N) is 1. The molecule has 0 aromatic carbocycles. The summed E-state index contributed by atoms with van der Waals surface area (Å²) in [6.07, 6.45) is 3.32. The number of aromatic nitrogens is 2. The molecule has 0 amide bonds. The van der Waals surface area contributed by atoms with E-state index in [4.69, 9.17) is 10.6 Å². The molecule has 1 aromatic rings. The van der Waals surface area contributed by atoms with Crippen LogP contribution in [0.5, 0.6) is 0 Å². The van der Waals surface area contributed by atoms with Gasteiger partial charge in [-0.3, -0.25) is 0 Å². The molecule has 6 nitrogen and oxygen atoms in total. The number of hydrogen-bond donors (Lipinski definition) is 3. The lowest BCUT2D eigenvalue weighted by molar-refractivity contribution is 0.178. The first-order chi connectivity index (χ1) is 8.73. The van der Waals surface area contributed by atoms with Crippen molar-refractivity contribution in [2.24, 2.45) is 5.84 Å². The molecule has 6 heteroatoms. The maximum absolute atomic E-state index is 5.40. The van der Waals surface area contributed by atoms with E-state index in [9.17, 15) is 0 Å². The lowest BCUT2D eigenvalue weighted by Crippen LogP contribution is -2.20. The van der Waals surface area contributed by atoms with Gasteiger partial charge < -0.3 is 15.5 Å². The fourth-order valence-electron chi connectivity index (χ4n) is 1.77. The molecule has 0 radical (unpaired) electrons. The van der Waals surface area contributed by atoms with Crippen LogP contribution in [-0.4, -0.2) is 23.1 Å². The van der Waals surface area contributed by atoms with Crippen LogP contribution in [0.3, 0.4) is 0 Å². The Bertz CT molecular complexity index is 358. The molecule has 0 saturated carbocycles. The zero-order valence-corrected chi connectivity index (χ0v) is 11.4. The smallest absolute Gasteiger partial charge is 0.158 e. The Hall–Kier alpha value is -1.40. The van der Waals surface area contributed by atoms with Gasteiger partial charge in [0, 0.05) is 19.2 Å². The molecule has 1 rings (SSSR count). The van der Waals surface area contributed by atoms with Gasteiger partial charge in [-0.1, -0.05) is 20.3 Å². The number of methoxy groups -OCH3 is 1. The van der Waals surface area contributed by atoms with E-state index in [0.717, 1.165) is 25.1 Å². The normalized spacial score (nSPS) is 12.2. The number of nitrogens with one attached hydrogen (secondary N) is 2. The lowest BCUT2D eigenvalue weighted by atomic mass is 10.1. The van der Waals surface area contributed by atoms with E-state index in [1.54, 1.807) is 13.2 Å². The van der Waals surface area contributed by atoms with Crippen LogP contribution in [0.2, 0.25) is 0 Å². The highest BCUT2D eigenvalue weighted by Crippen LogP contribution is 2.14. The number of hydrogen-bond acceptors (Lipinski definition) is 6. The van der Waals surface area contributed by atoms with Crippen molar-refractivity contribution in [1.82, 2.24) is 9.97 Å². The standard InChI is InChI=1S/C12H23N5O/c1-4-6-9(5-2)14-10-7-11(17-13)16-12(15-10)8-18-3/h7,9H,4-6,8,13H2,1-3H3,(H2,14,15,16,17). The summed E-state index contributed by atoms with van der Waals surface area (Å²) in [4.78, 5) is 8.61.